The van der Waals surface area contributed by atoms with Crippen LogP contribution in [0.4, 0.5) is 0 Å². The number of hydrogen-bond acceptors (Lipinski definition) is 2. The summed E-state index contributed by atoms with van der Waals surface area (Å²) in [5.41, 5.74) is 0.969. The highest BCUT2D eigenvalue weighted by molar-refractivity contribution is 5.67. The maximum absolute atomic E-state index is 9.99. The van der Waals surface area contributed by atoms with Gasteiger partial charge in [-0.1, -0.05) is 6.92 Å². The number of carbonyl (C=O) groups excluding carboxylic acids is 1. The van der Waals surface area contributed by atoms with Gasteiger partial charge >= 0.3 is 0 Å². The highest BCUT2D eigenvalue weighted by Gasteiger charge is 1.84. The maximum Gasteiger partial charge on any atom is 0.143 e. The molecule has 0 saturated carbocycles. The van der Waals surface area contributed by atoms with Gasteiger partial charge in [0, 0.05) is 0 Å². The van der Waals surface area contributed by atoms with E-state index in [2.05, 4.69) is 4.74 Å². The fraction of sp³-hybridized carbons (Fsp3) is 0.375. The highest BCUT2D eigenvalue weighted by atomic mass is 16.5. The average molecular weight is 140 g/mol. The van der Waals surface area contributed by atoms with Crippen molar-refractivity contribution in [3.05, 3.63) is 24.0 Å². The van der Waals surface area contributed by atoms with Gasteiger partial charge in [0.15, 0.2) is 0 Å². The highest BCUT2D eigenvalue weighted by Crippen LogP contribution is 2.00. The standard InChI is InChI=1S/C8H12O2/c1-3-8(4-6-9)5-7-10-2/h4-7H,3H2,1-2H3/b7-5-,8-4-. The summed E-state index contributed by atoms with van der Waals surface area (Å²) >= 11 is 0. The summed E-state index contributed by atoms with van der Waals surface area (Å²) in [6.07, 6.45) is 6.47. The molecule has 0 radical (unpaired) electrons. The summed E-state index contributed by atoms with van der Waals surface area (Å²) in [6.45, 7) is 1.98. The molecule has 0 heterocycles. The van der Waals surface area contributed by atoms with Crippen LogP contribution >= 0.6 is 0 Å². The van der Waals surface area contributed by atoms with E-state index in [4.69, 9.17) is 0 Å². The third kappa shape index (κ3) is 3.89. The van der Waals surface area contributed by atoms with Crippen LogP contribution in [-0.2, 0) is 9.53 Å². The van der Waals surface area contributed by atoms with Crippen molar-refractivity contribution in [2.75, 3.05) is 7.11 Å². The van der Waals surface area contributed by atoms with E-state index < -0.39 is 0 Å². The first-order chi connectivity index (χ1) is 4.85. The smallest absolute Gasteiger partial charge is 0.143 e. The van der Waals surface area contributed by atoms with E-state index in [1.165, 1.54) is 6.08 Å². The molecule has 0 N–H and O–H groups in total. The van der Waals surface area contributed by atoms with Crippen LogP contribution in [0.5, 0.6) is 0 Å². The van der Waals surface area contributed by atoms with Crippen LogP contribution in [0.1, 0.15) is 13.3 Å². The largest absolute Gasteiger partial charge is 0.504 e. The Labute approximate surface area is 61.2 Å². The monoisotopic (exact) mass is 140 g/mol. The molecule has 0 atom stereocenters. The van der Waals surface area contributed by atoms with Crippen LogP contribution < -0.4 is 0 Å². The van der Waals surface area contributed by atoms with Gasteiger partial charge in [0.1, 0.15) is 6.29 Å². The van der Waals surface area contributed by atoms with Gasteiger partial charge in [-0.2, -0.15) is 0 Å². The van der Waals surface area contributed by atoms with Gasteiger partial charge in [0.05, 0.1) is 13.4 Å². The fourth-order valence-electron chi connectivity index (χ4n) is 0.534. The Bertz CT molecular complexity index is 145. The zero-order valence-electron chi connectivity index (χ0n) is 6.33. The zero-order valence-corrected chi connectivity index (χ0v) is 6.33. The second-order valence-electron chi connectivity index (χ2n) is 1.77. The summed E-state index contributed by atoms with van der Waals surface area (Å²) in [7, 11) is 1.57. The SMILES string of the molecule is CCC(/C=C\OC)=C/C=O. The summed E-state index contributed by atoms with van der Waals surface area (Å²) < 4.78 is 4.68. The summed E-state index contributed by atoms with van der Waals surface area (Å²) in [5, 5.41) is 0. The van der Waals surface area contributed by atoms with Gasteiger partial charge < -0.3 is 4.74 Å². The Morgan fingerprint density at radius 1 is 1.60 bits per heavy atom. The first-order valence-electron chi connectivity index (χ1n) is 3.18. The minimum absolute atomic E-state index is 0.777. The third-order valence-corrected chi connectivity index (χ3v) is 1.11. The molecule has 0 amide bonds. The van der Waals surface area contributed by atoms with E-state index in [1.54, 1.807) is 19.4 Å². The summed E-state index contributed by atoms with van der Waals surface area (Å²) in [5.74, 6) is 0. The van der Waals surface area contributed by atoms with Gasteiger partial charge in [0.25, 0.3) is 0 Å². The lowest BCUT2D eigenvalue weighted by molar-refractivity contribution is -0.104. The quantitative estimate of drug-likeness (QED) is 0.257. The van der Waals surface area contributed by atoms with Crippen LogP contribution in [-0.4, -0.2) is 13.4 Å². The molecule has 0 aliphatic heterocycles. The number of methoxy groups -OCH3 is 1. The molecule has 10 heavy (non-hydrogen) atoms. The Kier molecular flexibility index (Phi) is 5.44. The minimum Gasteiger partial charge on any atom is -0.504 e. The van der Waals surface area contributed by atoms with Crippen molar-refractivity contribution < 1.29 is 9.53 Å². The first kappa shape index (κ1) is 8.95. The van der Waals surface area contributed by atoms with Crippen molar-refractivity contribution in [1.29, 1.82) is 0 Å². The molecule has 0 fully saturated rings. The molecule has 56 valence electrons. The minimum atomic E-state index is 0.777. The van der Waals surface area contributed by atoms with Crippen LogP contribution in [0.2, 0.25) is 0 Å². The molecule has 0 aliphatic rings. The first-order valence-corrected chi connectivity index (χ1v) is 3.18. The molecule has 0 saturated heterocycles. The van der Waals surface area contributed by atoms with Crippen molar-refractivity contribution in [2.45, 2.75) is 13.3 Å². The van der Waals surface area contributed by atoms with Gasteiger partial charge in [-0.25, -0.2) is 0 Å². The van der Waals surface area contributed by atoms with Crippen molar-refractivity contribution in [3.8, 4) is 0 Å². The second-order valence-corrected chi connectivity index (χ2v) is 1.77. The molecule has 2 heteroatoms. The Balaban J connectivity index is 3.94. The molecule has 0 aromatic carbocycles. The van der Waals surface area contributed by atoms with Crippen LogP contribution in [0, 0.1) is 0 Å². The van der Waals surface area contributed by atoms with Crippen LogP contribution in [0.3, 0.4) is 0 Å². The number of allylic oxidation sites excluding steroid dienone is 3. The molecule has 0 bridgehead atoms. The van der Waals surface area contributed by atoms with E-state index in [0.717, 1.165) is 18.3 Å². The third-order valence-electron chi connectivity index (χ3n) is 1.11. The topological polar surface area (TPSA) is 26.3 Å². The summed E-state index contributed by atoms with van der Waals surface area (Å²) in [4.78, 5) is 9.99. The summed E-state index contributed by atoms with van der Waals surface area (Å²) in [6, 6.07) is 0. The fourth-order valence-corrected chi connectivity index (χ4v) is 0.534. The van der Waals surface area contributed by atoms with Crippen molar-refractivity contribution >= 4 is 6.29 Å². The number of rotatable bonds is 4. The molecule has 0 spiro atoms. The number of aldehydes is 1. The number of carbonyl (C=O) groups is 1. The molecule has 2 nitrogen and oxygen atoms in total. The lowest BCUT2D eigenvalue weighted by Crippen LogP contribution is -1.76. The second kappa shape index (κ2) is 6.08. The van der Waals surface area contributed by atoms with Crippen LogP contribution in [0.15, 0.2) is 24.0 Å². The van der Waals surface area contributed by atoms with E-state index in [0.29, 0.717) is 0 Å². The maximum atomic E-state index is 9.99. The van der Waals surface area contributed by atoms with Gasteiger partial charge in [0.2, 0.25) is 0 Å². The molecule has 0 rings (SSSR count). The number of ether oxygens (including phenoxy) is 1. The molecular formula is C8H12O2. The Morgan fingerprint density at radius 3 is 2.70 bits per heavy atom. The molecule has 0 unspecified atom stereocenters. The van der Waals surface area contributed by atoms with E-state index >= 15 is 0 Å². The lowest BCUT2D eigenvalue weighted by atomic mass is 10.2. The lowest BCUT2D eigenvalue weighted by Gasteiger charge is -1.91. The van der Waals surface area contributed by atoms with E-state index in [-0.39, 0.29) is 0 Å². The zero-order chi connectivity index (χ0) is 7.82. The van der Waals surface area contributed by atoms with E-state index in [1.807, 2.05) is 6.92 Å². The van der Waals surface area contributed by atoms with Crippen LogP contribution in [0.25, 0.3) is 0 Å². The van der Waals surface area contributed by atoms with Gasteiger partial charge in [-0.15, -0.1) is 0 Å². The van der Waals surface area contributed by atoms with Crippen molar-refractivity contribution in [2.24, 2.45) is 0 Å². The normalized spacial score (nSPS) is 12.0. The number of hydrogen-bond donors (Lipinski definition) is 0. The van der Waals surface area contributed by atoms with E-state index in [9.17, 15) is 4.79 Å². The Hall–Kier alpha value is -1.05. The van der Waals surface area contributed by atoms with Gasteiger partial charge in [-0.05, 0) is 24.1 Å². The van der Waals surface area contributed by atoms with Crippen molar-refractivity contribution in [1.82, 2.24) is 0 Å². The molecule has 0 aliphatic carbocycles. The van der Waals surface area contributed by atoms with Crippen molar-refractivity contribution in [3.63, 3.8) is 0 Å². The predicted octanol–water partition coefficient (Wildman–Crippen LogP) is 1.68. The molecular weight excluding hydrogens is 128 g/mol. The molecule has 0 aromatic heterocycles. The predicted molar refractivity (Wildman–Crippen MR) is 40.6 cm³/mol. The Morgan fingerprint density at radius 2 is 2.30 bits per heavy atom. The molecule has 0 aromatic rings. The average Bonchev–Trinajstić information content (AvgIpc) is 1.98. The van der Waals surface area contributed by atoms with Gasteiger partial charge in [-0.3, -0.25) is 4.79 Å².